The third-order valence-electron chi connectivity index (χ3n) is 12.2. The van der Waals surface area contributed by atoms with E-state index in [4.69, 9.17) is 15.0 Å². The number of hydrogen-bond donors (Lipinski definition) is 0. The van der Waals surface area contributed by atoms with E-state index in [1.54, 1.807) is 0 Å². The zero-order valence-electron chi connectivity index (χ0n) is 30.5. The third-order valence-corrected chi connectivity index (χ3v) is 12.2. The monoisotopic (exact) mass is 685 g/mol. The molecule has 1 aromatic heterocycles. The highest BCUT2D eigenvalue weighted by atomic mass is 15.0. The van der Waals surface area contributed by atoms with E-state index in [0.29, 0.717) is 22.9 Å². The minimum atomic E-state index is 0.310. The van der Waals surface area contributed by atoms with Gasteiger partial charge in [0.05, 0.1) is 0 Å². The maximum absolute atomic E-state index is 5.25. The molecule has 53 heavy (non-hydrogen) atoms. The Bertz CT molecular complexity index is 2630. The SMILES string of the molecule is C[C@@H]1C[C@@H]2C[C@H](C)CC(c3ccc(-c4cc(-c5nc(-c6ccc7ccccc7c6)nc(-c6cccc7ccccc67)n5)cc5ccccc45)cc3)(C1)C2. The smallest absolute Gasteiger partial charge is 0.164 e. The predicted molar refractivity (Wildman–Crippen MR) is 221 cm³/mol. The molecule has 258 valence electrons. The average Bonchev–Trinajstić information content (AvgIpc) is 3.19. The van der Waals surface area contributed by atoms with E-state index in [1.165, 1.54) is 65.0 Å². The van der Waals surface area contributed by atoms with Gasteiger partial charge < -0.3 is 0 Å². The van der Waals surface area contributed by atoms with E-state index in [0.717, 1.165) is 50.6 Å². The highest BCUT2D eigenvalue weighted by molar-refractivity contribution is 6.00. The summed E-state index contributed by atoms with van der Waals surface area (Å²) in [4.78, 5) is 15.6. The van der Waals surface area contributed by atoms with Crippen LogP contribution < -0.4 is 0 Å². The largest absolute Gasteiger partial charge is 0.208 e. The van der Waals surface area contributed by atoms with Crippen LogP contribution in [0.25, 0.3) is 77.6 Å². The van der Waals surface area contributed by atoms with Gasteiger partial charge in [0.25, 0.3) is 0 Å². The van der Waals surface area contributed by atoms with E-state index in [9.17, 15) is 0 Å². The molecular formula is C50H43N3. The van der Waals surface area contributed by atoms with Gasteiger partial charge in [-0.1, -0.05) is 141 Å². The maximum atomic E-state index is 5.25. The molecule has 10 rings (SSSR count). The maximum Gasteiger partial charge on any atom is 0.164 e. The first-order chi connectivity index (χ1) is 26.0. The Morgan fingerprint density at radius 3 is 1.75 bits per heavy atom. The van der Waals surface area contributed by atoms with Crippen LogP contribution in [-0.4, -0.2) is 15.0 Å². The number of aromatic nitrogens is 3. The molecule has 2 aliphatic rings. The first-order valence-corrected chi connectivity index (χ1v) is 19.4. The summed E-state index contributed by atoms with van der Waals surface area (Å²) in [6.07, 6.45) is 6.75. The molecule has 3 nitrogen and oxygen atoms in total. The molecule has 0 aliphatic heterocycles. The number of fused-ring (bicyclic) bond motifs is 5. The van der Waals surface area contributed by atoms with E-state index in [-0.39, 0.29) is 0 Å². The van der Waals surface area contributed by atoms with Crippen molar-refractivity contribution in [3.63, 3.8) is 0 Å². The van der Waals surface area contributed by atoms with Crippen LogP contribution in [-0.2, 0) is 5.41 Å². The first-order valence-electron chi connectivity index (χ1n) is 19.4. The van der Waals surface area contributed by atoms with Crippen molar-refractivity contribution >= 4 is 32.3 Å². The van der Waals surface area contributed by atoms with Gasteiger partial charge >= 0.3 is 0 Å². The Morgan fingerprint density at radius 1 is 0.434 bits per heavy atom. The lowest BCUT2D eigenvalue weighted by atomic mass is 9.54. The standard InChI is InChI=1S/C50H43N3/c1-32-24-34-25-33(2)30-50(29-32,31-34)42-22-20-37(21-23-42)46-28-41(27-39-13-6-8-16-44(39)46)48-51-47(40-19-18-35-10-3-4-12-38(35)26-40)52-49(53-48)45-17-9-14-36-11-5-7-15-43(36)45/h3-23,26-28,32-34H,24-25,29-31H2,1-2H3/t32-,33+,34-,50?. The normalized spacial score (nSPS) is 21.3. The summed E-state index contributed by atoms with van der Waals surface area (Å²) in [5.41, 5.74) is 7.23. The molecular weight excluding hydrogens is 643 g/mol. The fourth-order valence-corrected chi connectivity index (χ4v) is 10.2. The zero-order valence-corrected chi connectivity index (χ0v) is 30.5. The van der Waals surface area contributed by atoms with Crippen LogP contribution in [0.2, 0.25) is 0 Å². The van der Waals surface area contributed by atoms with Crippen LogP contribution in [0.3, 0.4) is 0 Å². The second-order valence-electron chi connectivity index (χ2n) is 16.2. The van der Waals surface area contributed by atoms with Crippen molar-refractivity contribution in [3.8, 4) is 45.3 Å². The van der Waals surface area contributed by atoms with Gasteiger partial charge in [0.2, 0.25) is 0 Å². The van der Waals surface area contributed by atoms with Crippen molar-refractivity contribution in [3.05, 3.63) is 151 Å². The van der Waals surface area contributed by atoms with Crippen molar-refractivity contribution in [2.24, 2.45) is 17.8 Å². The van der Waals surface area contributed by atoms with E-state index in [2.05, 4.69) is 159 Å². The molecule has 2 aliphatic carbocycles. The molecule has 3 heteroatoms. The quantitative estimate of drug-likeness (QED) is 0.181. The Kier molecular flexibility index (Phi) is 7.72. The van der Waals surface area contributed by atoms with E-state index in [1.807, 2.05) is 0 Å². The van der Waals surface area contributed by atoms with Crippen molar-refractivity contribution in [2.75, 3.05) is 0 Å². The van der Waals surface area contributed by atoms with Gasteiger partial charge in [-0.15, -0.1) is 0 Å². The number of benzene rings is 7. The van der Waals surface area contributed by atoms with Crippen molar-refractivity contribution in [1.82, 2.24) is 15.0 Å². The minimum absolute atomic E-state index is 0.310. The summed E-state index contributed by atoms with van der Waals surface area (Å²) >= 11 is 0. The van der Waals surface area contributed by atoms with Crippen LogP contribution in [0.4, 0.5) is 0 Å². The second kappa shape index (κ2) is 12.8. The number of nitrogens with zero attached hydrogens (tertiary/aromatic N) is 3. The van der Waals surface area contributed by atoms with Crippen LogP contribution in [0.15, 0.2) is 146 Å². The molecule has 2 fully saturated rings. The molecule has 4 atom stereocenters. The summed E-state index contributed by atoms with van der Waals surface area (Å²) < 4.78 is 0. The molecule has 1 unspecified atom stereocenters. The number of rotatable bonds is 5. The highest BCUT2D eigenvalue weighted by Crippen LogP contribution is 2.54. The molecule has 0 amide bonds. The van der Waals surface area contributed by atoms with Gasteiger partial charge in [-0.05, 0) is 122 Å². The van der Waals surface area contributed by atoms with Gasteiger partial charge in [-0.2, -0.15) is 0 Å². The third kappa shape index (κ3) is 5.80. The van der Waals surface area contributed by atoms with Crippen molar-refractivity contribution in [1.29, 1.82) is 0 Å². The molecule has 8 aromatic rings. The van der Waals surface area contributed by atoms with E-state index < -0.39 is 0 Å². The summed E-state index contributed by atoms with van der Waals surface area (Å²) in [6, 6.07) is 52.7. The Morgan fingerprint density at radius 2 is 1.00 bits per heavy atom. The van der Waals surface area contributed by atoms with Crippen molar-refractivity contribution in [2.45, 2.75) is 51.4 Å². The van der Waals surface area contributed by atoms with Gasteiger partial charge in [0.1, 0.15) is 0 Å². The highest BCUT2D eigenvalue weighted by Gasteiger charge is 2.45. The Hall–Kier alpha value is -5.67. The lowest BCUT2D eigenvalue weighted by Crippen LogP contribution is -2.42. The summed E-state index contributed by atoms with van der Waals surface area (Å²) in [5.74, 6) is 4.47. The molecule has 0 spiro atoms. The Balaban J connectivity index is 1.13. The lowest BCUT2D eigenvalue weighted by molar-refractivity contribution is 0.0780. The van der Waals surface area contributed by atoms with Crippen LogP contribution in [0.5, 0.6) is 0 Å². The summed E-state index contributed by atoms with van der Waals surface area (Å²) in [5, 5.41) is 7.05. The molecule has 0 N–H and O–H groups in total. The average molecular weight is 686 g/mol. The van der Waals surface area contributed by atoms with Crippen LogP contribution in [0, 0.1) is 17.8 Å². The zero-order chi connectivity index (χ0) is 35.5. The fourth-order valence-electron chi connectivity index (χ4n) is 10.2. The lowest BCUT2D eigenvalue weighted by Gasteiger charge is -2.50. The summed E-state index contributed by atoms with van der Waals surface area (Å²) in [6.45, 7) is 4.95. The molecule has 0 radical (unpaired) electrons. The molecule has 2 saturated carbocycles. The van der Waals surface area contributed by atoms with E-state index >= 15 is 0 Å². The predicted octanol–water partition coefficient (Wildman–Crippen LogP) is 13.1. The van der Waals surface area contributed by atoms with Gasteiger partial charge in [0.15, 0.2) is 17.5 Å². The van der Waals surface area contributed by atoms with Gasteiger partial charge in [-0.3, -0.25) is 0 Å². The van der Waals surface area contributed by atoms with Crippen LogP contribution in [0.1, 0.15) is 51.5 Å². The fraction of sp³-hybridized carbons (Fsp3) is 0.220. The topological polar surface area (TPSA) is 38.7 Å². The first kappa shape index (κ1) is 32.0. The molecule has 1 heterocycles. The summed E-state index contributed by atoms with van der Waals surface area (Å²) in [7, 11) is 0. The molecule has 2 bridgehead atoms. The van der Waals surface area contributed by atoms with Crippen molar-refractivity contribution < 1.29 is 0 Å². The molecule has 7 aromatic carbocycles. The Labute approximate surface area is 311 Å². The van der Waals surface area contributed by atoms with Gasteiger partial charge in [-0.25, -0.2) is 15.0 Å². The molecule has 0 saturated heterocycles. The minimum Gasteiger partial charge on any atom is -0.208 e. The van der Waals surface area contributed by atoms with Gasteiger partial charge in [0, 0.05) is 16.7 Å². The number of hydrogen-bond acceptors (Lipinski definition) is 3. The van der Waals surface area contributed by atoms with Crippen LogP contribution >= 0.6 is 0 Å². The second-order valence-corrected chi connectivity index (χ2v) is 16.2.